The SMILES string of the molecule is CCCCCC(O)c1ccc(C2CCC(Cl)C2C)cc1.CCCCCCC. The van der Waals surface area contributed by atoms with Crippen molar-refractivity contribution in [3.63, 3.8) is 0 Å². The number of aliphatic hydroxyl groups is 1. The Morgan fingerprint density at radius 2 is 1.44 bits per heavy atom. The second kappa shape index (κ2) is 14.5. The van der Waals surface area contributed by atoms with E-state index >= 15 is 0 Å². The molecule has 1 nitrogen and oxygen atoms in total. The molecular formula is C25H43ClO. The van der Waals surface area contributed by atoms with E-state index < -0.39 is 0 Å². The molecule has 1 fully saturated rings. The van der Waals surface area contributed by atoms with Gasteiger partial charge in [-0.25, -0.2) is 0 Å². The van der Waals surface area contributed by atoms with Crippen LogP contribution in [-0.4, -0.2) is 10.5 Å². The topological polar surface area (TPSA) is 20.2 Å². The molecule has 0 radical (unpaired) electrons. The summed E-state index contributed by atoms with van der Waals surface area (Å²) >= 11 is 6.32. The summed E-state index contributed by atoms with van der Waals surface area (Å²) in [5, 5.41) is 10.5. The summed E-state index contributed by atoms with van der Waals surface area (Å²) in [7, 11) is 0. The van der Waals surface area contributed by atoms with E-state index in [4.69, 9.17) is 11.6 Å². The smallest absolute Gasteiger partial charge is 0.0790 e. The molecule has 1 N–H and O–H groups in total. The summed E-state index contributed by atoms with van der Waals surface area (Å²) in [6, 6.07) is 8.57. The zero-order chi connectivity index (χ0) is 20.1. The molecule has 0 heterocycles. The quantitative estimate of drug-likeness (QED) is 0.312. The lowest BCUT2D eigenvalue weighted by Crippen LogP contribution is -2.09. The Kier molecular flexibility index (Phi) is 13.1. The van der Waals surface area contributed by atoms with Gasteiger partial charge in [0.2, 0.25) is 0 Å². The minimum absolute atomic E-state index is 0.308. The van der Waals surface area contributed by atoms with Gasteiger partial charge in [-0.15, -0.1) is 11.6 Å². The molecule has 4 atom stereocenters. The van der Waals surface area contributed by atoms with Crippen molar-refractivity contribution in [1.29, 1.82) is 0 Å². The minimum Gasteiger partial charge on any atom is -0.388 e. The highest BCUT2D eigenvalue weighted by atomic mass is 35.5. The normalized spacial score (nSPS) is 23.0. The molecule has 2 heteroatoms. The second-order valence-electron chi connectivity index (χ2n) is 8.30. The van der Waals surface area contributed by atoms with E-state index in [1.807, 2.05) is 0 Å². The van der Waals surface area contributed by atoms with Gasteiger partial charge >= 0.3 is 0 Å². The molecule has 0 aromatic heterocycles. The minimum atomic E-state index is -0.308. The predicted molar refractivity (Wildman–Crippen MR) is 121 cm³/mol. The van der Waals surface area contributed by atoms with Gasteiger partial charge in [0.1, 0.15) is 0 Å². The number of hydrogen-bond donors (Lipinski definition) is 1. The van der Waals surface area contributed by atoms with Crippen LogP contribution in [0.3, 0.4) is 0 Å². The van der Waals surface area contributed by atoms with Gasteiger partial charge in [0.15, 0.2) is 0 Å². The largest absolute Gasteiger partial charge is 0.388 e. The summed E-state index contributed by atoms with van der Waals surface area (Å²) in [5.41, 5.74) is 2.43. The third-order valence-electron chi connectivity index (χ3n) is 6.00. The summed E-state index contributed by atoms with van der Waals surface area (Å²) in [5.74, 6) is 1.14. The van der Waals surface area contributed by atoms with E-state index in [2.05, 4.69) is 52.0 Å². The zero-order valence-corrected chi connectivity index (χ0v) is 19.0. The van der Waals surface area contributed by atoms with Gasteiger partial charge in [-0.1, -0.05) is 103 Å². The molecule has 0 aliphatic heterocycles. The van der Waals surface area contributed by atoms with Gasteiger partial charge in [0, 0.05) is 5.38 Å². The maximum absolute atomic E-state index is 10.2. The van der Waals surface area contributed by atoms with Crippen molar-refractivity contribution < 1.29 is 5.11 Å². The number of alkyl halides is 1. The fourth-order valence-electron chi connectivity index (χ4n) is 3.98. The highest BCUT2D eigenvalue weighted by molar-refractivity contribution is 6.21. The summed E-state index contributed by atoms with van der Waals surface area (Å²) in [4.78, 5) is 0. The van der Waals surface area contributed by atoms with Crippen molar-refractivity contribution in [2.24, 2.45) is 5.92 Å². The van der Waals surface area contributed by atoms with Crippen molar-refractivity contribution in [3.05, 3.63) is 35.4 Å². The molecule has 0 bridgehead atoms. The van der Waals surface area contributed by atoms with E-state index in [-0.39, 0.29) is 6.10 Å². The fourth-order valence-corrected chi connectivity index (χ4v) is 4.28. The fraction of sp³-hybridized carbons (Fsp3) is 0.760. The van der Waals surface area contributed by atoms with Crippen LogP contribution in [0.4, 0.5) is 0 Å². The first-order chi connectivity index (χ1) is 13.0. The highest BCUT2D eigenvalue weighted by Crippen LogP contribution is 2.42. The molecule has 1 aliphatic carbocycles. The third-order valence-corrected chi connectivity index (χ3v) is 6.61. The monoisotopic (exact) mass is 394 g/mol. The van der Waals surface area contributed by atoms with Crippen LogP contribution in [0, 0.1) is 5.92 Å². The van der Waals surface area contributed by atoms with Crippen molar-refractivity contribution in [2.75, 3.05) is 0 Å². The maximum atomic E-state index is 10.2. The number of halogens is 1. The highest BCUT2D eigenvalue weighted by Gasteiger charge is 2.32. The van der Waals surface area contributed by atoms with E-state index in [1.54, 1.807) is 0 Å². The molecule has 0 saturated heterocycles. The average Bonchev–Trinajstić information content (AvgIpc) is 3.02. The van der Waals surface area contributed by atoms with Crippen LogP contribution in [0.15, 0.2) is 24.3 Å². The van der Waals surface area contributed by atoms with Crippen LogP contribution >= 0.6 is 11.6 Å². The number of aliphatic hydroxyl groups excluding tert-OH is 1. The first-order valence-electron chi connectivity index (χ1n) is 11.5. The summed E-state index contributed by atoms with van der Waals surface area (Å²) in [6.45, 7) is 8.93. The Balaban J connectivity index is 0.000000445. The van der Waals surface area contributed by atoms with Crippen LogP contribution < -0.4 is 0 Å². The van der Waals surface area contributed by atoms with Crippen molar-refractivity contribution in [3.8, 4) is 0 Å². The lowest BCUT2D eigenvalue weighted by molar-refractivity contribution is 0.163. The first-order valence-corrected chi connectivity index (χ1v) is 11.9. The standard InChI is InChI=1S/C18H27ClO.C7H16/c1-3-4-5-6-18(20)15-9-7-14(8-10-15)16-11-12-17(19)13(16)2;1-3-5-7-6-4-2/h7-10,13,16-18,20H,3-6,11-12H2,1-2H3;3-7H2,1-2H3. The molecule has 156 valence electrons. The zero-order valence-electron chi connectivity index (χ0n) is 18.2. The van der Waals surface area contributed by atoms with Crippen molar-refractivity contribution in [2.45, 2.75) is 116 Å². The van der Waals surface area contributed by atoms with Crippen LogP contribution in [0.1, 0.15) is 121 Å². The number of hydrogen-bond acceptors (Lipinski definition) is 1. The lowest BCUT2D eigenvalue weighted by atomic mass is 9.89. The lowest BCUT2D eigenvalue weighted by Gasteiger charge is -2.18. The molecule has 0 amide bonds. The Morgan fingerprint density at radius 3 is 1.93 bits per heavy atom. The molecule has 1 saturated carbocycles. The van der Waals surface area contributed by atoms with Gasteiger partial charge in [-0.05, 0) is 42.2 Å². The third kappa shape index (κ3) is 9.01. The first kappa shape index (κ1) is 24.5. The van der Waals surface area contributed by atoms with E-state index in [0.717, 1.165) is 24.8 Å². The molecule has 1 aromatic carbocycles. The molecule has 27 heavy (non-hydrogen) atoms. The van der Waals surface area contributed by atoms with Crippen LogP contribution in [0.5, 0.6) is 0 Å². The van der Waals surface area contributed by atoms with Crippen molar-refractivity contribution in [1.82, 2.24) is 0 Å². The Hall–Kier alpha value is -0.530. The van der Waals surface area contributed by atoms with E-state index in [0.29, 0.717) is 17.2 Å². The van der Waals surface area contributed by atoms with E-state index in [1.165, 1.54) is 56.9 Å². The van der Waals surface area contributed by atoms with Crippen LogP contribution in [0.25, 0.3) is 0 Å². The summed E-state index contributed by atoms with van der Waals surface area (Å²) in [6.07, 6.45) is 13.4. The predicted octanol–water partition coefficient (Wildman–Crippen LogP) is 8.40. The molecule has 2 rings (SSSR count). The van der Waals surface area contributed by atoms with Gasteiger partial charge < -0.3 is 5.11 Å². The van der Waals surface area contributed by atoms with E-state index in [9.17, 15) is 5.11 Å². The maximum Gasteiger partial charge on any atom is 0.0790 e. The molecule has 1 aliphatic rings. The number of rotatable bonds is 10. The Labute approximate surface area is 173 Å². The van der Waals surface area contributed by atoms with Gasteiger partial charge in [0.25, 0.3) is 0 Å². The van der Waals surface area contributed by atoms with Crippen LogP contribution in [-0.2, 0) is 0 Å². The van der Waals surface area contributed by atoms with Gasteiger partial charge in [-0.2, -0.15) is 0 Å². The Morgan fingerprint density at radius 1 is 0.889 bits per heavy atom. The molecule has 1 aromatic rings. The summed E-state index contributed by atoms with van der Waals surface area (Å²) < 4.78 is 0. The van der Waals surface area contributed by atoms with Crippen molar-refractivity contribution >= 4 is 11.6 Å². The van der Waals surface area contributed by atoms with Crippen LogP contribution in [0.2, 0.25) is 0 Å². The second-order valence-corrected chi connectivity index (χ2v) is 8.86. The molecule has 0 spiro atoms. The number of benzene rings is 1. The van der Waals surface area contributed by atoms with Gasteiger partial charge in [0.05, 0.1) is 6.10 Å². The molecular weight excluding hydrogens is 352 g/mol. The van der Waals surface area contributed by atoms with Gasteiger partial charge in [-0.3, -0.25) is 0 Å². The average molecular weight is 395 g/mol. The molecule has 4 unspecified atom stereocenters. The Bertz CT molecular complexity index is 466. The number of unbranched alkanes of at least 4 members (excludes halogenated alkanes) is 6.